The fourth-order valence-corrected chi connectivity index (χ4v) is 1.74. The van der Waals surface area contributed by atoms with Gasteiger partial charge in [0.1, 0.15) is 5.82 Å². The van der Waals surface area contributed by atoms with Crippen molar-refractivity contribution in [2.24, 2.45) is 0 Å². The highest BCUT2D eigenvalue weighted by Gasteiger charge is 2.09. The average molecular weight is 239 g/mol. The molecule has 0 aliphatic rings. The number of hydrogen-bond acceptors (Lipinski definition) is 4. The number of hydrogen-bond donors (Lipinski definition) is 1. The number of nitriles is 1. The smallest absolute Gasteiger partial charge is 0.138 e. The maximum absolute atomic E-state index is 9.29. The summed E-state index contributed by atoms with van der Waals surface area (Å²) in [6.45, 7) is -0.0518. The van der Waals surface area contributed by atoms with Crippen molar-refractivity contribution in [1.82, 2.24) is 4.98 Å². The van der Waals surface area contributed by atoms with Gasteiger partial charge in [0.15, 0.2) is 0 Å². The molecule has 0 aliphatic heterocycles. The highest BCUT2D eigenvalue weighted by atomic mass is 16.3. The summed E-state index contributed by atoms with van der Waals surface area (Å²) in [5.41, 5.74) is 2.31. The van der Waals surface area contributed by atoms with Gasteiger partial charge in [-0.3, -0.25) is 0 Å². The van der Waals surface area contributed by atoms with E-state index in [1.165, 1.54) is 0 Å². The Labute approximate surface area is 106 Å². The Morgan fingerprint density at radius 3 is 2.61 bits per heavy atom. The number of nitrogens with zero attached hydrogens (tertiary/aromatic N) is 3. The van der Waals surface area contributed by atoms with Crippen molar-refractivity contribution in [2.75, 3.05) is 11.9 Å². The summed E-state index contributed by atoms with van der Waals surface area (Å²) in [6.07, 6.45) is 1.69. The molecular weight excluding hydrogens is 226 g/mol. The van der Waals surface area contributed by atoms with E-state index in [1.807, 2.05) is 30.1 Å². The van der Waals surface area contributed by atoms with Crippen molar-refractivity contribution in [2.45, 2.75) is 6.61 Å². The van der Waals surface area contributed by atoms with Gasteiger partial charge in [-0.1, -0.05) is 6.07 Å². The monoisotopic (exact) mass is 239 g/mol. The molecule has 2 aromatic rings. The van der Waals surface area contributed by atoms with Crippen molar-refractivity contribution < 1.29 is 5.11 Å². The lowest BCUT2D eigenvalue weighted by Gasteiger charge is -2.20. The lowest BCUT2D eigenvalue weighted by molar-refractivity contribution is 0.282. The van der Waals surface area contributed by atoms with Gasteiger partial charge in [-0.05, 0) is 30.3 Å². The van der Waals surface area contributed by atoms with E-state index in [4.69, 9.17) is 5.26 Å². The molecule has 18 heavy (non-hydrogen) atoms. The third-order valence-corrected chi connectivity index (χ3v) is 2.74. The van der Waals surface area contributed by atoms with E-state index >= 15 is 0 Å². The first-order valence-corrected chi connectivity index (χ1v) is 5.55. The van der Waals surface area contributed by atoms with Gasteiger partial charge < -0.3 is 10.0 Å². The molecular formula is C14H13N3O. The van der Waals surface area contributed by atoms with Gasteiger partial charge >= 0.3 is 0 Å². The number of aromatic nitrogens is 1. The molecule has 0 amide bonds. The highest BCUT2D eigenvalue weighted by Crippen LogP contribution is 2.24. The van der Waals surface area contributed by atoms with E-state index in [9.17, 15) is 5.11 Å². The van der Waals surface area contributed by atoms with Crippen LogP contribution in [0.15, 0.2) is 42.6 Å². The van der Waals surface area contributed by atoms with Crippen molar-refractivity contribution >= 4 is 11.5 Å². The van der Waals surface area contributed by atoms with Gasteiger partial charge in [-0.2, -0.15) is 5.26 Å². The minimum absolute atomic E-state index is 0.0518. The molecule has 90 valence electrons. The normalized spacial score (nSPS) is 9.83. The predicted molar refractivity (Wildman–Crippen MR) is 69.4 cm³/mol. The topological polar surface area (TPSA) is 60.2 Å². The molecule has 0 spiro atoms. The van der Waals surface area contributed by atoms with Crippen molar-refractivity contribution in [3.8, 4) is 6.07 Å². The summed E-state index contributed by atoms with van der Waals surface area (Å²) in [5, 5.41) is 18.0. The maximum atomic E-state index is 9.29. The fraction of sp³-hybridized carbons (Fsp3) is 0.143. The standard InChI is InChI=1S/C14H13N3O/c1-17(13-6-4-11(9-15)5-7-13)14-12(10-18)3-2-8-16-14/h2-8,18H,10H2,1H3. The van der Waals surface area contributed by atoms with Crippen molar-refractivity contribution in [1.29, 1.82) is 5.26 Å². The third-order valence-electron chi connectivity index (χ3n) is 2.74. The van der Waals surface area contributed by atoms with Crippen molar-refractivity contribution in [3.63, 3.8) is 0 Å². The second-order valence-electron chi connectivity index (χ2n) is 3.86. The van der Waals surface area contributed by atoms with Crippen LogP contribution in [-0.2, 0) is 6.61 Å². The first-order chi connectivity index (χ1) is 8.76. The molecule has 0 saturated carbocycles. The molecule has 1 aromatic heterocycles. The van der Waals surface area contributed by atoms with Crippen LogP contribution < -0.4 is 4.90 Å². The number of rotatable bonds is 3. The third kappa shape index (κ3) is 2.31. The number of aliphatic hydroxyl groups is 1. The Hall–Kier alpha value is -2.38. The first kappa shape index (κ1) is 12.1. The molecule has 0 radical (unpaired) electrons. The molecule has 4 heteroatoms. The summed E-state index contributed by atoms with van der Waals surface area (Å²) in [5.74, 6) is 0.713. The van der Waals surface area contributed by atoms with E-state index in [0.29, 0.717) is 11.4 Å². The van der Waals surface area contributed by atoms with Crippen LogP contribution in [0.1, 0.15) is 11.1 Å². The van der Waals surface area contributed by atoms with Crippen LogP contribution in [0.4, 0.5) is 11.5 Å². The minimum atomic E-state index is -0.0518. The SMILES string of the molecule is CN(c1ccc(C#N)cc1)c1ncccc1CO. The van der Waals surface area contributed by atoms with E-state index in [1.54, 1.807) is 24.4 Å². The lowest BCUT2D eigenvalue weighted by Crippen LogP contribution is -2.13. The van der Waals surface area contributed by atoms with Crippen molar-refractivity contribution in [3.05, 3.63) is 53.7 Å². The van der Waals surface area contributed by atoms with Gasteiger partial charge in [0.25, 0.3) is 0 Å². The zero-order valence-electron chi connectivity index (χ0n) is 10.0. The summed E-state index contributed by atoms with van der Waals surface area (Å²) >= 11 is 0. The van der Waals surface area contributed by atoms with Crippen LogP contribution in [0.3, 0.4) is 0 Å². The fourth-order valence-electron chi connectivity index (χ4n) is 1.74. The van der Waals surface area contributed by atoms with E-state index in [0.717, 1.165) is 11.3 Å². The first-order valence-electron chi connectivity index (χ1n) is 5.55. The average Bonchev–Trinajstić information content (AvgIpc) is 2.46. The zero-order valence-corrected chi connectivity index (χ0v) is 10.0. The van der Waals surface area contributed by atoms with Crippen LogP contribution in [0.2, 0.25) is 0 Å². The molecule has 4 nitrogen and oxygen atoms in total. The quantitative estimate of drug-likeness (QED) is 0.892. The van der Waals surface area contributed by atoms with Crippen LogP contribution in [0.5, 0.6) is 0 Å². The van der Waals surface area contributed by atoms with E-state index in [2.05, 4.69) is 11.1 Å². The Morgan fingerprint density at radius 2 is 2.00 bits per heavy atom. The number of benzene rings is 1. The number of aliphatic hydroxyl groups excluding tert-OH is 1. The molecule has 0 unspecified atom stereocenters. The summed E-state index contributed by atoms with van der Waals surface area (Å²) < 4.78 is 0. The highest BCUT2D eigenvalue weighted by molar-refractivity contribution is 5.62. The number of pyridine rings is 1. The van der Waals surface area contributed by atoms with Gasteiger partial charge in [0.05, 0.1) is 18.2 Å². The molecule has 0 fully saturated rings. The number of anilines is 2. The van der Waals surface area contributed by atoms with E-state index in [-0.39, 0.29) is 6.61 Å². The second kappa shape index (κ2) is 5.30. The Morgan fingerprint density at radius 1 is 1.28 bits per heavy atom. The van der Waals surface area contributed by atoms with E-state index < -0.39 is 0 Å². The molecule has 2 rings (SSSR count). The lowest BCUT2D eigenvalue weighted by atomic mass is 10.2. The van der Waals surface area contributed by atoms with Gasteiger partial charge in [0.2, 0.25) is 0 Å². The molecule has 0 saturated heterocycles. The summed E-state index contributed by atoms with van der Waals surface area (Å²) in [4.78, 5) is 6.15. The summed E-state index contributed by atoms with van der Waals surface area (Å²) in [6, 6.07) is 12.9. The van der Waals surface area contributed by atoms with Crippen LogP contribution in [0, 0.1) is 11.3 Å². The van der Waals surface area contributed by atoms with Gasteiger partial charge in [-0.25, -0.2) is 4.98 Å². The second-order valence-corrected chi connectivity index (χ2v) is 3.86. The minimum Gasteiger partial charge on any atom is -0.392 e. The van der Waals surface area contributed by atoms with Crippen LogP contribution in [-0.4, -0.2) is 17.1 Å². The predicted octanol–water partition coefficient (Wildman–Crippen LogP) is 2.21. The molecule has 0 atom stereocenters. The maximum Gasteiger partial charge on any atom is 0.138 e. The Balaban J connectivity index is 2.35. The summed E-state index contributed by atoms with van der Waals surface area (Å²) in [7, 11) is 1.88. The zero-order chi connectivity index (χ0) is 13.0. The Kier molecular flexibility index (Phi) is 3.56. The Bertz CT molecular complexity index is 572. The molecule has 0 bridgehead atoms. The van der Waals surface area contributed by atoms with Crippen LogP contribution >= 0.6 is 0 Å². The molecule has 1 N–H and O–H groups in total. The molecule has 1 heterocycles. The van der Waals surface area contributed by atoms with Crippen LogP contribution in [0.25, 0.3) is 0 Å². The molecule has 0 aliphatic carbocycles. The van der Waals surface area contributed by atoms with Gasteiger partial charge in [0, 0.05) is 24.5 Å². The largest absolute Gasteiger partial charge is 0.392 e. The van der Waals surface area contributed by atoms with Gasteiger partial charge in [-0.15, -0.1) is 0 Å². The molecule has 1 aromatic carbocycles.